The minimum absolute atomic E-state index is 0. The van der Waals surface area contributed by atoms with Crippen LogP contribution in [0.3, 0.4) is 0 Å². The number of benzene rings is 6. The van der Waals surface area contributed by atoms with Crippen LogP contribution in [-0.4, -0.2) is 39.3 Å². The first-order chi connectivity index (χ1) is 24.3. The molecule has 0 atom stereocenters. The normalized spacial score (nSPS) is 11.2. The van der Waals surface area contributed by atoms with Gasteiger partial charge < -0.3 is 44.1 Å². The van der Waals surface area contributed by atoms with E-state index in [2.05, 4.69) is 161 Å². The van der Waals surface area contributed by atoms with Gasteiger partial charge in [-0.25, -0.2) is 0 Å². The Hall–Kier alpha value is -4.76. The van der Waals surface area contributed by atoms with E-state index in [1.54, 1.807) is 7.05 Å². The molecule has 0 fully saturated rings. The van der Waals surface area contributed by atoms with E-state index in [1.807, 2.05) is 36.4 Å². The zero-order chi connectivity index (χ0) is 33.6. The van der Waals surface area contributed by atoms with Gasteiger partial charge in [0.05, 0.1) is 13.2 Å². The quantitative estimate of drug-likeness (QED) is 0.0528. The summed E-state index contributed by atoms with van der Waals surface area (Å²) in [5.74, 6) is 0.682. The van der Waals surface area contributed by atoms with E-state index in [1.165, 1.54) is 0 Å². The standard InChI is InChI=1S/C44H43N3O2.HI/c1-45-42(46-32-34-48-43(36-20-8-2-9-21-36,37-22-10-3-11-23-37)38-24-12-4-13-25-38)47-33-35-49-44(39-26-14-5-15-27-39,40-28-16-6-17-29-40)41-30-18-7-19-31-41;/h2-31H,32-35H2,1H3,(H2,45,46,47);1H/p-1. The number of aliphatic imine (C=N–C) groups is 1. The molecule has 0 bridgehead atoms. The number of halogens is 1. The molecular formula is C44H43IN3O2-. The van der Waals surface area contributed by atoms with Gasteiger partial charge in [0.1, 0.15) is 11.2 Å². The Bertz CT molecular complexity index is 1530. The Morgan fingerprint density at radius 2 is 0.640 bits per heavy atom. The van der Waals surface area contributed by atoms with Crippen LogP contribution in [0.1, 0.15) is 33.4 Å². The molecule has 50 heavy (non-hydrogen) atoms. The maximum Gasteiger partial charge on any atom is 0.191 e. The summed E-state index contributed by atoms with van der Waals surface area (Å²) in [4.78, 5) is 4.49. The van der Waals surface area contributed by atoms with Crippen LogP contribution in [0, 0.1) is 0 Å². The molecule has 0 aromatic heterocycles. The maximum atomic E-state index is 6.93. The van der Waals surface area contributed by atoms with E-state index in [0.29, 0.717) is 32.3 Å². The fourth-order valence-electron chi connectivity index (χ4n) is 6.50. The molecule has 0 saturated heterocycles. The first-order valence-electron chi connectivity index (χ1n) is 16.8. The highest BCUT2D eigenvalue weighted by Crippen LogP contribution is 2.41. The first-order valence-corrected chi connectivity index (χ1v) is 16.8. The summed E-state index contributed by atoms with van der Waals surface area (Å²) in [6, 6.07) is 62.6. The van der Waals surface area contributed by atoms with Crippen LogP contribution in [0.5, 0.6) is 0 Å². The highest BCUT2D eigenvalue weighted by Gasteiger charge is 2.38. The van der Waals surface area contributed by atoms with Crippen LogP contribution in [0.2, 0.25) is 0 Å². The Morgan fingerprint density at radius 3 is 0.840 bits per heavy atom. The fraction of sp³-hybridized carbons (Fsp3) is 0.159. The van der Waals surface area contributed by atoms with Crippen LogP contribution < -0.4 is 34.6 Å². The molecule has 2 N–H and O–H groups in total. The number of nitrogens with zero attached hydrogens (tertiary/aromatic N) is 1. The van der Waals surface area contributed by atoms with E-state index in [0.717, 1.165) is 33.4 Å². The minimum atomic E-state index is -0.772. The first kappa shape index (κ1) is 36.5. The minimum Gasteiger partial charge on any atom is -1.00 e. The lowest BCUT2D eigenvalue weighted by molar-refractivity contribution is -0.0000212. The summed E-state index contributed by atoms with van der Waals surface area (Å²) < 4.78 is 13.9. The molecule has 0 aliphatic rings. The summed E-state index contributed by atoms with van der Waals surface area (Å²) in [5, 5.41) is 6.89. The van der Waals surface area contributed by atoms with Crippen LogP contribution in [0.4, 0.5) is 0 Å². The highest BCUT2D eigenvalue weighted by molar-refractivity contribution is 5.79. The van der Waals surface area contributed by atoms with Crippen LogP contribution in [0.15, 0.2) is 187 Å². The largest absolute Gasteiger partial charge is 1.00 e. The summed E-state index contributed by atoms with van der Waals surface area (Å²) in [7, 11) is 1.78. The number of ether oxygens (including phenoxy) is 2. The van der Waals surface area contributed by atoms with Crippen molar-refractivity contribution in [1.82, 2.24) is 10.6 Å². The Kier molecular flexibility index (Phi) is 13.4. The van der Waals surface area contributed by atoms with E-state index in [9.17, 15) is 0 Å². The highest BCUT2D eigenvalue weighted by atomic mass is 127. The molecule has 0 saturated carbocycles. The molecule has 6 aromatic rings. The number of nitrogens with one attached hydrogen (secondary N) is 2. The molecule has 6 heteroatoms. The molecule has 0 amide bonds. The molecule has 0 heterocycles. The Labute approximate surface area is 313 Å². The van der Waals surface area contributed by atoms with Crippen molar-refractivity contribution in [2.24, 2.45) is 4.99 Å². The monoisotopic (exact) mass is 772 g/mol. The van der Waals surface area contributed by atoms with E-state index in [4.69, 9.17) is 9.47 Å². The van der Waals surface area contributed by atoms with Crippen LogP contribution in [0.25, 0.3) is 0 Å². The Morgan fingerprint density at radius 1 is 0.420 bits per heavy atom. The molecule has 0 unspecified atom stereocenters. The lowest BCUT2D eigenvalue weighted by Gasteiger charge is -2.36. The van der Waals surface area contributed by atoms with Gasteiger partial charge in [0.2, 0.25) is 0 Å². The van der Waals surface area contributed by atoms with Gasteiger partial charge in [-0.2, -0.15) is 0 Å². The van der Waals surface area contributed by atoms with Crippen molar-refractivity contribution < 1.29 is 33.5 Å². The Balaban J connectivity index is 0.00000486. The fourth-order valence-corrected chi connectivity index (χ4v) is 6.50. The summed E-state index contributed by atoms with van der Waals surface area (Å²) in [6.07, 6.45) is 0. The average molecular weight is 773 g/mol. The predicted molar refractivity (Wildman–Crippen MR) is 200 cm³/mol. The predicted octanol–water partition coefficient (Wildman–Crippen LogP) is 5.17. The summed E-state index contributed by atoms with van der Waals surface area (Å²) >= 11 is 0. The van der Waals surface area contributed by atoms with Crippen molar-refractivity contribution in [3.63, 3.8) is 0 Å². The van der Waals surface area contributed by atoms with Crippen molar-refractivity contribution in [3.8, 4) is 0 Å². The maximum absolute atomic E-state index is 6.93. The second kappa shape index (κ2) is 18.3. The summed E-state index contributed by atoms with van der Waals surface area (Å²) in [5.41, 5.74) is 4.90. The molecule has 0 aliphatic carbocycles. The lowest BCUT2D eigenvalue weighted by atomic mass is 9.80. The van der Waals surface area contributed by atoms with Gasteiger partial charge in [-0.3, -0.25) is 4.99 Å². The third-order valence-corrected chi connectivity index (χ3v) is 8.73. The van der Waals surface area contributed by atoms with Gasteiger partial charge >= 0.3 is 0 Å². The zero-order valence-corrected chi connectivity index (χ0v) is 30.4. The van der Waals surface area contributed by atoms with Crippen LogP contribution >= 0.6 is 0 Å². The smallest absolute Gasteiger partial charge is 0.191 e. The third kappa shape index (κ3) is 8.16. The van der Waals surface area contributed by atoms with Gasteiger partial charge in [-0.1, -0.05) is 182 Å². The number of guanidine groups is 1. The lowest BCUT2D eigenvalue weighted by Crippen LogP contribution is -3.00. The molecule has 6 aromatic carbocycles. The van der Waals surface area contributed by atoms with Crippen molar-refractivity contribution in [2.45, 2.75) is 11.2 Å². The van der Waals surface area contributed by atoms with Crippen molar-refractivity contribution >= 4 is 5.96 Å². The third-order valence-electron chi connectivity index (χ3n) is 8.73. The van der Waals surface area contributed by atoms with E-state index < -0.39 is 11.2 Å². The van der Waals surface area contributed by atoms with E-state index in [-0.39, 0.29) is 24.0 Å². The van der Waals surface area contributed by atoms with Gasteiger partial charge in [-0.05, 0) is 33.4 Å². The SMILES string of the molecule is CN=C(NCCOC(c1ccccc1)(c1ccccc1)c1ccccc1)NCCOC(c1ccccc1)(c1ccccc1)c1ccccc1.[I-]. The topological polar surface area (TPSA) is 54.9 Å². The molecule has 0 aliphatic heterocycles. The molecular weight excluding hydrogens is 729 g/mol. The van der Waals surface area contributed by atoms with E-state index >= 15 is 0 Å². The molecule has 5 nitrogen and oxygen atoms in total. The second-order valence-corrected chi connectivity index (χ2v) is 11.7. The molecule has 254 valence electrons. The second-order valence-electron chi connectivity index (χ2n) is 11.7. The van der Waals surface area contributed by atoms with Gasteiger partial charge in [0.15, 0.2) is 5.96 Å². The van der Waals surface area contributed by atoms with Crippen molar-refractivity contribution in [1.29, 1.82) is 0 Å². The zero-order valence-electron chi connectivity index (χ0n) is 28.3. The van der Waals surface area contributed by atoms with Gasteiger partial charge in [0, 0.05) is 20.1 Å². The van der Waals surface area contributed by atoms with Crippen LogP contribution in [-0.2, 0) is 20.7 Å². The molecule has 0 radical (unpaired) electrons. The average Bonchev–Trinajstić information content (AvgIpc) is 3.19. The number of hydrogen-bond donors (Lipinski definition) is 2. The molecule has 6 rings (SSSR count). The number of rotatable bonds is 14. The number of hydrogen-bond acceptors (Lipinski definition) is 3. The molecule has 0 spiro atoms. The van der Waals surface area contributed by atoms with Gasteiger partial charge in [0.25, 0.3) is 0 Å². The summed E-state index contributed by atoms with van der Waals surface area (Å²) in [6.45, 7) is 1.98. The van der Waals surface area contributed by atoms with Crippen molar-refractivity contribution in [3.05, 3.63) is 215 Å². The van der Waals surface area contributed by atoms with Gasteiger partial charge in [-0.15, -0.1) is 0 Å². The van der Waals surface area contributed by atoms with Crippen molar-refractivity contribution in [2.75, 3.05) is 33.4 Å².